The smallest absolute Gasteiger partial charge is 0.339 e. The van der Waals surface area contributed by atoms with E-state index >= 15 is 0 Å². The summed E-state index contributed by atoms with van der Waals surface area (Å²) in [5.74, 6) is 0.199. The molecule has 2 rings (SSSR count). The van der Waals surface area contributed by atoms with Gasteiger partial charge in [0.15, 0.2) is 0 Å². The summed E-state index contributed by atoms with van der Waals surface area (Å²) < 4.78 is 9.92. The quantitative estimate of drug-likeness (QED) is 0.728. The minimum atomic E-state index is -0.541. The van der Waals surface area contributed by atoms with Crippen LogP contribution in [0.15, 0.2) is 36.4 Å². The number of amides is 1. The van der Waals surface area contributed by atoms with Gasteiger partial charge in [-0.25, -0.2) is 4.79 Å². The Hall–Kier alpha value is -2.53. The molecule has 0 radical (unpaired) electrons. The van der Waals surface area contributed by atoms with Crippen molar-refractivity contribution in [1.29, 1.82) is 0 Å². The Morgan fingerprint density at radius 1 is 1.12 bits per heavy atom. The predicted octanol–water partition coefficient (Wildman–Crippen LogP) is 4.41. The maximum Gasteiger partial charge on any atom is 0.339 e. The minimum absolute atomic E-state index is 0.117. The van der Waals surface area contributed by atoms with Crippen LogP contribution in [0.4, 0.5) is 5.69 Å². The molecule has 1 amide bonds. The van der Waals surface area contributed by atoms with Crippen LogP contribution in [0.1, 0.15) is 34.3 Å². The Kier molecular flexibility index (Phi) is 7.04. The monoisotopic (exact) mass is 375 g/mol. The van der Waals surface area contributed by atoms with Gasteiger partial charge in [0.05, 0.1) is 24.8 Å². The Balaban J connectivity index is 1.89. The largest absolute Gasteiger partial charge is 0.496 e. The number of carbonyl (C=O) groups excluding carboxylic acids is 2. The molecule has 0 unspecified atom stereocenters. The van der Waals surface area contributed by atoms with Crippen LogP contribution in [0, 0.1) is 6.92 Å². The maximum atomic E-state index is 12.1. The molecule has 0 aromatic heterocycles. The van der Waals surface area contributed by atoms with Gasteiger partial charge in [-0.1, -0.05) is 23.7 Å². The Morgan fingerprint density at radius 2 is 1.88 bits per heavy atom. The number of nitrogens with one attached hydrogen (secondary N) is 1. The van der Waals surface area contributed by atoms with Crippen molar-refractivity contribution in [2.75, 3.05) is 19.5 Å². The summed E-state index contributed by atoms with van der Waals surface area (Å²) in [5, 5.41) is 3.06. The highest BCUT2D eigenvalue weighted by Crippen LogP contribution is 2.22. The molecule has 0 spiro atoms. The lowest BCUT2D eigenvalue weighted by Gasteiger charge is -2.09. The zero-order valence-corrected chi connectivity index (χ0v) is 15.9. The number of hydrogen-bond donors (Lipinski definition) is 1. The SMILES string of the molecule is COC(=O)c1cc(NC(=O)CCCc2ccc(OC)c(C)c2)ccc1Cl. The molecule has 5 nitrogen and oxygen atoms in total. The fourth-order valence-corrected chi connectivity index (χ4v) is 2.84. The van der Waals surface area contributed by atoms with Crippen LogP contribution in [0.2, 0.25) is 5.02 Å². The van der Waals surface area contributed by atoms with Crippen LogP contribution >= 0.6 is 11.6 Å². The number of halogens is 1. The lowest BCUT2D eigenvalue weighted by molar-refractivity contribution is -0.116. The zero-order chi connectivity index (χ0) is 19.1. The first kappa shape index (κ1) is 19.8. The molecule has 138 valence electrons. The Morgan fingerprint density at radius 3 is 2.54 bits per heavy atom. The molecule has 6 heteroatoms. The summed E-state index contributed by atoms with van der Waals surface area (Å²) in [7, 11) is 2.93. The van der Waals surface area contributed by atoms with Crippen LogP contribution in [-0.4, -0.2) is 26.1 Å². The van der Waals surface area contributed by atoms with Crippen LogP contribution < -0.4 is 10.1 Å². The minimum Gasteiger partial charge on any atom is -0.496 e. The van der Waals surface area contributed by atoms with Crippen molar-refractivity contribution < 1.29 is 19.1 Å². The third-order valence-electron chi connectivity index (χ3n) is 3.98. The van der Waals surface area contributed by atoms with Gasteiger partial charge >= 0.3 is 5.97 Å². The molecule has 0 aliphatic heterocycles. The average Bonchev–Trinajstić information content (AvgIpc) is 2.63. The molecular weight excluding hydrogens is 354 g/mol. The molecule has 0 fully saturated rings. The summed E-state index contributed by atoms with van der Waals surface area (Å²) in [5.41, 5.74) is 2.97. The van der Waals surface area contributed by atoms with E-state index < -0.39 is 5.97 Å². The fraction of sp³-hybridized carbons (Fsp3) is 0.300. The van der Waals surface area contributed by atoms with E-state index in [4.69, 9.17) is 16.3 Å². The molecule has 0 heterocycles. The van der Waals surface area contributed by atoms with Gasteiger partial charge in [-0.15, -0.1) is 0 Å². The third kappa shape index (κ3) is 5.23. The second-order valence-corrected chi connectivity index (χ2v) is 6.30. The van der Waals surface area contributed by atoms with E-state index in [2.05, 4.69) is 16.1 Å². The predicted molar refractivity (Wildman–Crippen MR) is 102 cm³/mol. The fourth-order valence-electron chi connectivity index (χ4n) is 2.64. The Bertz CT molecular complexity index is 804. The molecule has 0 aliphatic carbocycles. The highest BCUT2D eigenvalue weighted by Gasteiger charge is 2.12. The number of carbonyl (C=O) groups is 2. The van der Waals surface area contributed by atoms with E-state index in [1.54, 1.807) is 19.2 Å². The van der Waals surface area contributed by atoms with Crippen LogP contribution in [0.3, 0.4) is 0 Å². The number of aryl methyl sites for hydroxylation is 2. The molecule has 1 N–H and O–H groups in total. The maximum absolute atomic E-state index is 12.1. The number of esters is 1. The molecule has 0 atom stereocenters. The van der Waals surface area contributed by atoms with Crippen molar-refractivity contribution >= 4 is 29.2 Å². The molecule has 2 aromatic rings. The molecule has 26 heavy (non-hydrogen) atoms. The second kappa shape index (κ2) is 9.25. The summed E-state index contributed by atoms with van der Waals surface area (Å²) in [4.78, 5) is 23.8. The van der Waals surface area contributed by atoms with Gasteiger partial charge in [-0.2, -0.15) is 0 Å². The summed E-state index contributed by atoms with van der Waals surface area (Å²) in [6, 6.07) is 10.7. The average molecular weight is 376 g/mol. The molecule has 0 bridgehead atoms. The van der Waals surface area contributed by atoms with E-state index in [9.17, 15) is 9.59 Å². The number of ether oxygens (including phenoxy) is 2. The summed E-state index contributed by atoms with van der Waals surface area (Å²) in [6.45, 7) is 1.99. The number of anilines is 1. The lowest BCUT2D eigenvalue weighted by Crippen LogP contribution is -2.12. The number of rotatable bonds is 7. The van der Waals surface area contributed by atoms with E-state index in [1.165, 1.54) is 13.2 Å². The van der Waals surface area contributed by atoms with E-state index in [0.29, 0.717) is 12.1 Å². The molecule has 0 aliphatic rings. The summed E-state index contributed by atoms with van der Waals surface area (Å²) >= 11 is 5.97. The van der Waals surface area contributed by atoms with Crippen LogP contribution in [0.25, 0.3) is 0 Å². The molecule has 2 aromatic carbocycles. The van der Waals surface area contributed by atoms with Crippen molar-refractivity contribution in [3.8, 4) is 5.75 Å². The molecular formula is C20H22ClNO4. The molecule has 0 saturated heterocycles. The van der Waals surface area contributed by atoms with Gasteiger partial charge in [0.2, 0.25) is 5.91 Å². The highest BCUT2D eigenvalue weighted by molar-refractivity contribution is 6.33. The highest BCUT2D eigenvalue weighted by atomic mass is 35.5. The van der Waals surface area contributed by atoms with Gasteiger partial charge in [0.25, 0.3) is 0 Å². The second-order valence-electron chi connectivity index (χ2n) is 5.89. The first-order valence-electron chi connectivity index (χ1n) is 8.26. The number of hydrogen-bond acceptors (Lipinski definition) is 4. The Labute approximate surface area is 158 Å². The topological polar surface area (TPSA) is 64.6 Å². The first-order chi connectivity index (χ1) is 12.4. The lowest BCUT2D eigenvalue weighted by atomic mass is 10.0. The van der Waals surface area contributed by atoms with Crippen molar-refractivity contribution in [2.45, 2.75) is 26.2 Å². The zero-order valence-electron chi connectivity index (χ0n) is 15.1. The number of methoxy groups -OCH3 is 2. The van der Waals surface area contributed by atoms with Gasteiger partial charge in [0, 0.05) is 12.1 Å². The van der Waals surface area contributed by atoms with Crippen molar-refractivity contribution in [1.82, 2.24) is 0 Å². The van der Waals surface area contributed by atoms with Gasteiger partial charge in [-0.05, 0) is 55.2 Å². The van der Waals surface area contributed by atoms with Gasteiger partial charge in [0.1, 0.15) is 5.75 Å². The van der Waals surface area contributed by atoms with Crippen LogP contribution in [-0.2, 0) is 16.0 Å². The number of benzene rings is 2. The molecule has 0 saturated carbocycles. The van der Waals surface area contributed by atoms with Crippen LogP contribution in [0.5, 0.6) is 5.75 Å². The summed E-state index contributed by atoms with van der Waals surface area (Å²) in [6.07, 6.45) is 1.89. The normalized spacial score (nSPS) is 10.3. The standard InChI is InChI=1S/C20H22ClNO4/c1-13-11-14(7-10-18(13)25-2)5-4-6-19(23)22-15-8-9-17(21)16(12-15)20(24)26-3/h7-12H,4-6H2,1-3H3,(H,22,23). The van der Waals surface area contributed by atoms with E-state index in [-0.39, 0.29) is 16.5 Å². The van der Waals surface area contributed by atoms with E-state index in [1.807, 2.05) is 19.1 Å². The van der Waals surface area contributed by atoms with Crippen molar-refractivity contribution in [3.63, 3.8) is 0 Å². The van der Waals surface area contributed by atoms with Crippen molar-refractivity contribution in [3.05, 3.63) is 58.1 Å². The van der Waals surface area contributed by atoms with Crippen molar-refractivity contribution in [2.24, 2.45) is 0 Å². The third-order valence-corrected chi connectivity index (χ3v) is 4.31. The van der Waals surface area contributed by atoms with Gasteiger partial charge in [-0.3, -0.25) is 4.79 Å². The van der Waals surface area contributed by atoms with Gasteiger partial charge < -0.3 is 14.8 Å². The van der Waals surface area contributed by atoms with E-state index in [0.717, 1.165) is 29.7 Å². The first-order valence-corrected chi connectivity index (χ1v) is 8.63.